The summed E-state index contributed by atoms with van der Waals surface area (Å²) in [6, 6.07) is 0. The number of ether oxygens (including phenoxy) is 3. The highest BCUT2D eigenvalue weighted by Crippen LogP contribution is 2.16. The standard InChI is InChI=1S/C48H92O6/c1-5-7-9-11-13-15-17-19-20-21-23-25-27-32-36-40-47(50)53-43-45(54-48(51)41-37-33-29-28-30-34-38-44(3)4)42-52-46(49)39-35-31-26-24-22-18-16-14-12-10-8-6-2/h44-45H,5-43H2,1-4H3/t45-/m0/s1. The summed E-state index contributed by atoms with van der Waals surface area (Å²) in [6.45, 7) is 8.93. The number of unbranched alkanes of at least 4 members (excludes halogenated alkanes) is 30. The molecule has 54 heavy (non-hydrogen) atoms. The molecular weight excluding hydrogens is 673 g/mol. The number of carbonyl (C=O) groups is 3. The molecule has 320 valence electrons. The van der Waals surface area contributed by atoms with E-state index in [0.717, 1.165) is 63.7 Å². The maximum Gasteiger partial charge on any atom is 0.306 e. The van der Waals surface area contributed by atoms with Gasteiger partial charge in [-0.25, -0.2) is 0 Å². The Hall–Kier alpha value is -1.59. The predicted molar refractivity (Wildman–Crippen MR) is 229 cm³/mol. The van der Waals surface area contributed by atoms with Crippen LogP contribution in [0.5, 0.6) is 0 Å². The van der Waals surface area contributed by atoms with E-state index in [2.05, 4.69) is 27.7 Å². The van der Waals surface area contributed by atoms with E-state index in [0.29, 0.717) is 19.3 Å². The third kappa shape index (κ3) is 41.6. The Bertz CT molecular complexity index is 811. The first-order valence-corrected chi connectivity index (χ1v) is 23.9. The van der Waals surface area contributed by atoms with Crippen molar-refractivity contribution in [3.63, 3.8) is 0 Å². The fourth-order valence-corrected chi connectivity index (χ4v) is 7.16. The van der Waals surface area contributed by atoms with Crippen LogP contribution in [0.4, 0.5) is 0 Å². The zero-order chi connectivity index (χ0) is 39.6. The molecule has 6 heteroatoms. The molecule has 0 radical (unpaired) electrons. The lowest BCUT2D eigenvalue weighted by molar-refractivity contribution is -0.167. The molecule has 0 N–H and O–H groups in total. The molecule has 0 aliphatic rings. The van der Waals surface area contributed by atoms with Gasteiger partial charge in [0.1, 0.15) is 13.2 Å². The Labute approximate surface area is 336 Å². The monoisotopic (exact) mass is 765 g/mol. The molecule has 0 aliphatic carbocycles. The van der Waals surface area contributed by atoms with Crippen LogP contribution >= 0.6 is 0 Å². The van der Waals surface area contributed by atoms with Crippen LogP contribution in [-0.4, -0.2) is 37.2 Å². The summed E-state index contributed by atoms with van der Waals surface area (Å²) < 4.78 is 16.7. The fourth-order valence-electron chi connectivity index (χ4n) is 7.16. The third-order valence-electron chi connectivity index (χ3n) is 10.8. The van der Waals surface area contributed by atoms with Gasteiger partial charge >= 0.3 is 17.9 Å². The highest BCUT2D eigenvalue weighted by atomic mass is 16.6. The lowest BCUT2D eigenvalue weighted by atomic mass is 10.0. The minimum Gasteiger partial charge on any atom is -0.462 e. The zero-order valence-electron chi connectivity index (χ0n) is 36.7. The molecule has 0 saturated heterocycles. The lowest BCUT2D eigenvalue weighted by Gasteiger charge is -2.18. The van der Waals surface area contributed by atoms with Crippen molar-refractivity contribution in [3.05, 3.63) is 0 Å². The van der Waals surface area contributed by atoms with Gasteiger partial charge in [0.15, 0.2) is 6.10 Å². The molecule has 0 unspecified atom stereocenters. The van der Waals surface area contributed by atoms with Crippen molar-refractivity contribution in [2.75, 3.05) is 13.2 Å². The van der Waals surface area contributed by atoms with Crippen LogP contribution in [0.1, 0.15) is 265 Å². The van der Waals surface area contributed by atoms with Crippen LogP contribution < -0.4 is 0 Å². The first-order chi connectivity index (χ1) is 26.4. The molecule has 0 aliphatic heterocycles. The molecule has 0 spiro atoms. The highest BCUT2D eigenvalue weighted by Gasteiger charge is 2.19. The second kappa shape index (κ2) is 42.6. The average Bonchev–Trinajstić information content (AvgIpc) is 3.15. The predicted octanol–water partition coefficient (Wildman–Crippen LogP) is 15.1. The van der Waals surface area contributed by atoms with Crippen molar-refractivity contribution < 1.29 is 28.6 Å². The maximum atomic E-state index is 12.7. The summed E-state index contributed by atoms with van der Waals surface area (Å²) in [5, 5.41) is 0. The van der Waals surface area contributed by atoms with Gasteiger partial charge in [0.25, 0.3) is 0 Å². The van der Waals surface area contributed by atoms with Gasteiger partial charge in [-0.05, 0) is 25.2 Å². The Kier molecular flexibility index (Phi) is 41.3. The molecular formula is C48H92O6. The summed E-state index contributed by atoms with van der Waals surface area (Å²) in [7, 11) is 0. The normalized spacial score (nSPS) is 11.9. The van der Waals surface area contributed by atoms with E-state index in [4.69, 9.17) is 14.2 Å². The van der Waals surface area contributed by atoms with Crippen LogP contribution in [0.25, 0.3) is 0 Å². The third-order valence-corrected chi connectivity index (χ3v) is 10.8. The van der Waals surface area contributed by atoms with Gasteiger partial charge in [0.05, 0.1) is 0 Å². The highest BCUT2D eigenvalue weighted by molar-refractivity contribution is 5.71. The molecule has 0 aromatic heterocycles. The first-order valence-electron chi connectivity index (χ1n) is 23.9. The molecule has 0 aromatic carbocycles. The zero-order valence-corrected chi connectivity index (χ0v) is 36.7. The van der Waals surface area contributed by atoms with E-state index in [9.17, 15) is 14.4 Å². The van der Waals surface area contributed by atoms with E-state index in [1.54, 1.807) is 0 Å². The number of carbonyl (C=O) groups excluding carboxylic acids is 3. The summed E-state index contributed by atoms with van der Waals surface area (Å²) in [5.41, 5.74) is 0. The van der Waals surface area contributed by atoms with Crippen LogP contribution in [0, 0.1) is 5.92 Å². The van der Waals surface area contributed by atoms with Gasteiger partial charge in [-0.3, -0.25) is 14.4 Å². The molecule has 0 heterocycles. The lowest BCUT2D eigenvalue weighted by Crippen LogP contribution is -2.30. The van der Waals surface area contributed by atoms with E-state index < -0.39 is 6.10 Å². The van der Waals surface area contributed by atoms with Gasteiger partial charge in [-0.1, -0.05) is 227 Å². The first kappa shape index (κ1) is 52.4. The van der Waals surface area contributed by atoms with Crippen molar-refractivity contribution in [1.29, 1.82) is 0 Å². The molecule has 1 atom stereocenters. The summed E-state index contributed by atoms with van der Waals surface area (Å²) in [6.07, 6.45) is 42.4. The molecule has 6 nitrogen and oxygen atoms in total. The Morgan fingerprint density at radius 1 is 0.352 bits per heavy atom. The van der Waals surface area contributed by atoms with Crippen LogP contribution in [-0.2, 0) is 28.6 Å². The Morgan fingerprint density at radius 3 is 0.907 bits per heavy atom. The fraction of sp³-hybridized carbons (Fsp3) is 0.938. The Balaban J connectivity index is 4.27. The van der Waals surface area contributed by atoms with Crippen molar-refractivity contribution in [2.45, 2.75) is 271 Å². The maximum absolute atomic E-state index is 12.7. The van der Waals surface area contributed by atoms with Crippen LogP contribution in [0.2, 0.25) is 0 Å². The number of hydrogen-bond acceptors (Lipinski definition) is 6. The number of hydrogen-bond donors (Lipinski definition) is 0. The van der Waals surface area contributed by atoms with Crippen LogP contribution in [0.3, 0.4) is 0 Å². The second-order valence-corrected chi connectivity index (χ2v) is 16.9. The smallest absolute Gasteiger partial charge is 0.306 e. The van der Waals surface area contributed by atoms with E-state index in [1.165, 1.54) is 161 Å². The summed E-state index contributed by atoms with van der Waals surface area (Å²) in [5.74, 6) is -0.0967. The van der Waals surface area contributed by atoms with Gasteiger partial charge in [0, 0.05) is 19.3 Å². The van der Waals surface area contributed by atoms with Gasteiger partial charge in [-0.2, -0.15) is 0 Å². The minimum atomic E-state index is -0.760. The van der Waals surface area contributed by atoms with Gasteiger partial charge in [-0.15, -0.1) is 0 Å². The van der Waals surface area contributed by atoms with Crippen LogP contribution in [0.15, 0.2) is 0 Å². The summed E-state index contributed by atoms with van der Waals surface area (Å²) in [4.78, 5) is 37.7. The molecule has 0 fully saturated rings. The molecule has 0 aromatic rings. The van der Waals surface area contributed by atoms with E-state index >= 15 is 0 Å². The van der Waals surface area contributed by atoms with E-state index in [-0.39, 0.29) is 31.1 Å². The average molecular weight is 765 g/mol. The molecule has 0 saturated carbocycles. The summed E-state index contributed by atoms with van der Waals surface area (Å²) >= 11 is 0. The largest absolute Gasteiger partial charge is 0.462 e. The van der Waals surface area contributed by atoms with Crippen molar-refractivity contribution in [2.24, 2.45) is 5.92 Å². The quantitative estimate of drug-likeness (QED) is 0.0349. The van der Waals surface area contributed by atoms with Gasteiger partial charge < -0.3 is 14.2 Å². The molecule has 0 bridgehead atoms. The van der Waals surface area contributed by atoms with E-state index in [1.807, 2.05) is 0 Å². The molecule has 0 amide bonds. The SMILES string of the molecule is CCCCCCCCCCCCCCCCCC(=O)OC[C@H](COC(=O)CCCCCCCCCCCCCC)OC(=O)CCCCCCCCC(C)C. The topological polar surface area (TPSA) is 78.9 Å². The second-order valence-electron chi connectivity index (χ2n) is 16.9. The number of esters is 3. The van der Waals surface area contributed by atoms with Gasteiger partial charge in [0.2, 0.25) is 0 Å². The van der Waals surface area contributed by atoms with Crippen molar-refractivity contribution in [3.8, 4) is 0 Å². The van der Waals surface area contributed by atoms with Crippen molar-refractivity contribution >= 4 is 17.9 Å². The molecule has 0 rings (SSSR count). The number of rotatable bonds is 43. The Morgan fingerprint density at radius 2 is 0.611 bits per heavy atom. The van der Waals surface area contributed by atoms with Crippen molar-refractivity contribution in [1.82, 2.24) is 0 Å². The minimum absolute atomic E-state index is 0.0644.